The van der Waals surface area contributed by atoms with Crippen molar-refractivity contribution in [1.29, 1.82) is 0 Å². The molecule has 23 heavy (non-hydrogen) atoms. The molecule has 0 aliphatic carbocycles. The minimum Gasteiger partial charge on any atom is -0.319 e. The predicted octanol–water partition coefficient (Wildman–Crippen LogP) is 4.63. The standard InChI is InChI=1S/C14H9ClF3N3OS/c1-7-6-23-13-20-11(5-21(7)13)12(22)19-10-4-8(14(16,17)18)2-3-9(10)15/h2-6H,1H3,(H,19,22). The molecule has 3 rings (SSSR count). The summed E-state index contributed by atoms with van der Waals surface area (Å²) in [7, 11) is 0. The second-order valence-electron chi connectivity index (χ2n) is 4.80. The number of carbonyl (C=O) groups excluding carboxylic acids is 1. The monoisotopic (exact) mass is 359 g/mol. The lowest BCUT2D eigenvalue weighted by Crippen LogP contribution is -2.14. The molecule has 9 heteroatoms. The third-order valence-electron chi connectivity index (χ3n) is 3.16. The average molecular weight is 360 g/mol. The molecular weight excluding hydrogens is 351 g/mol. The fraction of sp³-hybridized carbons (Fsp3) is 0.143. The first kappa shape index (κ1) is 15.8. The van der Waals surface area contributed by atoms with E-state index in [0.29, 0.717) is 4.96 Å². The highest BCUT2D eigenvalue weighted by atomic mass is 35.5. The largest absolute Gasteiger partial charge is 0.416 e. The lowest BCUT2D eigenvalue weighted by atomic mass is 10.2. The van der Waals surface area contributed by atoms with Crippen molar-refractivity contribution in [3.8, 4) is 0 Å². The molecule has 1 aromatic carbocycles. The number of rotatable bonds is 2. The zero-order chi connectivity index (χ0) is 16.8. The molecule has 0 bridgehead atoms. The number of hydrogen-bond acceptors (Lipinski definition) is 3. The molecule has 0 aliphatic rings. The van der Waals surface area contributed by atoms with E-state index in [9.17, 15) is 18.0 Å². The van der Waals surface area contributed by atoms with E-state index in [0.717, 1.165) is 23.9 Å². The quantitative estimate of drug-likeness (QED) is 0.725. The van der Waals surface area contributed by atoms with E-state index >= 15 is 0 Å². The SMILES string of the molecule is Cc1csc2nc(C(=O)Nc3cc(C(F)(F)F)ccc3Cl)cn12. The summed E-state index contributed by atoms with van der Waals surface area (Å²) in [5.41, 5.74) is 0.0144. The Morgan fingerprint density at radius 3 is 2.78 bits per heavy atom. The van der Waals surface area contributed by atoms with E-state index in [1.54, 1.807) is 4.40 Å². The predicted molar refractivity (Wildman–Crippen MR) is 82.2 cm³/mol. The summed E-state index contributed by atoms with van der Waals surface area (Å²) in [5.74, 6) is -0.624. The highest BCUT2D eigenvalue weighted by Gasteiger charge is 2.31. The van der Waals surface area contributed by atoms with E-state index in [1.165, 1.54) is 17.5 Å². The molecule has 0 unspecified atom stereocenters. The molecule has 1 amide bonds. The lowest BCUT2D eigenvalue weighted by molar-refractivity contribution is -0.137. The average Bonchev–Trinajstić information content (AvgIpc) is 3.03. The molecule has 0 aliphatic heterocycles. The summed E-state index contributed by atoms with van der Waals surface area (Å²) in [5, 5.41) is 4.27. The number of imidazole rings is 1. The van der Waals surface area contributed by atoms with Crippen molar-refractivity contribution >= 4 is 39.5 Å². The van der Waals surface area contributed by atoms with Gasteiger partial charge in [-0.15, -0.1) is 11.3 Å². The van der Waals surface area contributed by atoms with Gasteiger partial charge in [0.15, 0.2) is 4.96 Å². The molecule has 0 spiro atoms. The summed E-state index contributed by atoms with van der Waals surface area (Å²) in [6, 6.07) is 2.74. The fourth-order valence-electron chi connectivity index (χ4n) is 1.99. The number of aromatic nitrogens is 2. The Bertz CT molecular complexity index is 900. The summed E-state index contributed by atoms with van der Waals surface area (Å²) in [6.07, 6.45) is -2.99. The van der Waals surface area contributed by atoms with Crippen molar-refractivity contribution < 1.29 is 18.0 Å². The van der Waals surface area contributed by atoms with Crippen LogP contribution < -0.4 is 5.32 Å². The Balaban J connectivity index is 1.90. The van der Waals surface area contributed by atoms with Crippen LogP contribution >= 0.6 is 22.9 Å². The molecule has 0 fully saturated rings. The minimum atomic E-state index is -4.52. The van der Waals surface area contributed by atoms with Crippen molar-refractivity contribution in [2.75, 3.05) is 5.32 Å². The summed E-state index contributed by atoms with van der Waals surface area (Å²) < 4.78 is 39.9. The number of fused-ring (bicyclic) bond motifs is 1. The Hall–Kier alpha value is -2.06. The molecule has 4 nitrogen and oxygen atoms in total. The molecular formula is C14H9ClF3N3OS. The molecule has 2 aromatic heterocycles. The van der Waals surface area contributed by atoms with Crippen LogP contribution in [0, 0.1) is 6.92 Å². The van der Waals surface area contributed by atoms with Gasteiger partial charge in [-0.3, -0.25) is 9.20 Å². The van der Waals surface area contributed by atoms with Crippen molar-refractivity contribution in [2.45, 2.75) is 13.1 Å². The Morgan fingerprint density at radius 2 is 2.13 bits per heavy atom. The maximum atomic E-state index is 12.7. The maximum Gasteiger partial charge on any atom is 0.416 e. The van der Waals surface area contributed by atoms with E-state index in [-0.39, 0.29) is 16.4 Å². The van der Waals surface area contributed by atoms with Crippen LogP contribution in [0.25, 0.3) is 4.96 Å². The number of hydrogen-bond donors (Lipinski definition) is 1. The van der Waals surface area contributed by atoms with Crippen LogP contribution in [-0.2, 0) is 6.18 Å². The van der Waals surface area contributed by atoms with E-state index in [2.05, 4.69) is 10.3 Å². The number of aryl methyl sites for hydroxylation is 1. The Morgan fingerprint density at radius 1 is 1.39 bits per heavy atom. The molecule has 2 heterocycles. The fourth-order valence-corrected chi connectivity index (χ4v) is 3.00. The van der Waals surface area contributed by atoms with Gasteiger partial charge >= 0.3 is 6.18 Å². The Kier molecular flexibility index (Phi) is 3.81. The van der Waals surface area contributed by atoms with Gasteiger partial charge < -0.3 is 5.32 Å². The van der Waals surface area contributed by atoms with Crippen molar-refractivity contribution in [3.05, 3.63) is 51.7 Å². The van der Waals surface area contributed by atoms with Crippen molar-refractivity contribution in [3.63, 3.8) is 0 Å². The second kappa shape index (κ2) is 5.54. The maximum absolute atomic E-state index is 12.7. The van der Waals surface area contributed by atoms with Crippen LogP contribution in [0.3, 0.4) is 0 Å². The van der Waals surface area contributed by atoms with E-state index in [1.807, 2.05) is 12.3 Å². The second-order valence-corrected chi connectivity index (χ2v) is 6.05. The van der Waals surface area contributed by atoms with Gasteiger partial charge in [-0.2, -0.15) is 13.2 Å². The minimum absolute atomic E-state index is 0.0172. The summed E-state index contributed by atoms with van der Waals surface area (Å²) in [6.45, 7) is 1.86. The number of nitrogens with zero attached hydrogens (tertiary/aromatic N) is 2. The first-order valence-electron chi connectivity index (χ1n) is 6.37. The molecule has 0 radical (unpaired) electrons. The van der Waals surface area contributed by atoms with Gasteiger partial charge in [-0.1, -0.05) is 11.6 Å². The first-order valence-corrected chi connectivity index (χ1v) is 7.63. The van der Waals surface area contributed by atoms with E-state index in [4.69, 9.17) is 11.6 Å². The summed E-state index contributed by atoms with van der Waals surface area (Å²) >= 11 is 7.22. The third-order valence-corrected chi connectivity index (χ3v) is 4.45. The lowest BCUT2D eigenvalue weighted by Gasteiger charge is -2.11. The first-order chi connectivity index (χ1) is 10.8. The topological polar surface area (TPSA) is 46.4 Å². The van der Waals surface area contributed by atoms with Crippen LogP contribution in [0.2, 0.25) is 5.02 Å². The molecule has 0 saturated carbocycles. The van der Waals surface area contributed by atoms with Crippen LogP contribution in [-0.4, -0.2) is 15.3 Å². The van der Waals surface area contributed by atoms with Crippen LogP contribution in [0.5, 0.6) is 0 Å². The van der Waals surface area contributed by atoms with Gasteiger partial charge in [0.1, 0.15) is 5.69 Å². The number of halogens is 4. The van der Waals surface area contributed by atoms with Crippen LogP contribution in [0.1, 0.15) is 21.7 Å². The number of anilines is 1. The molecule has 3 aromatic rings. The zero-order valence-corrected chi connectivity index (χ0v) is 13.2. The number of carbonyl (C=O) groups is 1. The number of nitrogens with one attached hydrogen (secondary N) is 1. The van der Waals surface area contributed by atoms with Gasteiger partial charge in [0, 0.05) is 17.3 Å². The highest BCUT2D eigenvalue weighted by molar-refractivity contribution is 7.15. The highest BCUT2D eigenvalue weighted by Crippen LogP contribution is 2.34. The van der Waals surface area contributed by atoms with Crippen LogP contribution in [0.15, 0.2) is 29.8 Å². The zero-order valence-electron chi connectivity index (χ0n) is 11.6. The smallest absolute Gasteiger partial charge is 0.319 e. The van der Waals surface area contributed by atoms with Crippen molar-refractivity contribution in [1.82, 2.24) is 9.38 Å². The molecule has 120 valence electrons. The van der Waals surface area contributed by atoms with Crippen molar-refractivity contribution in [2.24, 2.45) is 0 Å². The van der Waals surface area contributed by atoms with Crippen LogP contribution in [0.4, 0.5) is 18.9 Å². The number of thiazole rings is 1. The third kappa shape index (κ3) is 3.04. The molecule has 0 atom stereocenters. The number of amides is 1. The summed E-state index contributed by atoms with van der Waals surface area (Å²) in [4.78, 5) is 16.9. The Labute approximate surface area is 137 Å². The van der Waals surface area contributed by atoms with Gasteiger partial charge in [0.05, 0.1) is 16.3 Å². The number of benzene rings is 1. The molecule has 1 N–H and O–H groups in total. The van der Waals surface area contributed by atoms with E-state index < -0.39 is 17.6 Å². The van der Waals surface area contributed by atoms with Gasteiger partial charge in [-0.25, -0.2) is 4.98 Å². The van der Waals surface area contributed by atoms with Gasteiger partial charge in [-0.05, 0) is 25.1 Å². The van der Waals surface area contributed by atoms with Gasteiger partial charge in [0.25, 0.3) is 5.91 Å². The van der Waals surface area contributed by atoms with Gasteiger partial charge in [0.2, 0.25) is 0 Å². The normalized spacial score (nSPS) is 11.9. The molecule has 0 saturated heterocycles. The number of alkyl halides is 3.